The summed E-state index contributed by atoms with van der Waals surface area (Å²) < 4.78 is 5.57. The fourth-order valence-electron chi connectivity index (χ4n) is 1.36. The van der Waals surface area contributed by atoms with Gasteiger partial charge in [0.1, 0.15) is 0 Å². The zero-order valence-electron chi connectivity index (χ0n) is 9.18. The summed E-state index contributed by atoms with van der Waals surface area (Å²) in [5.41, 5.74) is 2.48. The molecular formula is C11H19BO. The summed E-state index contributed by atoms with van der Waals surface area (Å²) in [7, 11) is 0. The van der Waals surface area contributed by atoms with Crippen molar-refractivity contribution in [2.45, 2.75) is 47.0 Å². The van der Waals surface area contributed by atoms with Gasteiger partial charge in [-0.3, -0.25) is 0 Å². The van der Waals surface area contributed by atoms with E-state index in [2.05, 4.69) is 13.8 Å². The van der Waals surface area contributed by atoms with Crippen LogP contribution in [0.5, 0.6) is 0 Å². The summed E-state index contributed by atoms with van der Waals surface area (Å²) in [4.78, 5) is 0. The van der Waals surface area contributed by atoms with E-state index in [1.165, 1.54) is 24.0 Å². The molecule has 0 radical (unpaired) electrons. The summed E-state index contributed by atoms with van der Waals surface area (Å²) in [6, 6.07) is 0. The maximum absolute atomic E-state index is 5.57. The van der Waals surface area contributed by atoms with Crippen LogP contribution in [0.15, 0.2) is 4.42 Å². The first kappa shape index (κ1) is 10.6. The Bertz CT molecular complexity index is 242. The summed E-state index contributed by atoms with van der Waals surface area (Å²) in [5.74, 6) is 2.01. The van der Waals surface area contributed by atoms with E-state index in [0.29, 0.717) is 0 Å². The molecule has 2 heteroatoms. The van der Waals surface area contributed by atoms with E-state index in [9.17, 15) is 0 Å². The van der Waals surface area contributed by atoms with Crippen molar-refractivity contribution in [1.29, 1.82) is 0 Å². The minimum absolute atomic E-state index is 0.931. The molecule has 1 aromatic rings. The molecule has 2 rings (SSSR count). The van der Waals surface area contributed by atoms with Gasteiger partial charge >= 0.3 is 67.2 Å². The van der Waals surface area contributed by atoms with Crippen molar-refractivity contribution in [1.82, 2.24) is 0 Å². The first-order valence-electron chi connectivity index (χ1n) is 5.31. The second-order valence-corrected chi connectivity index (χ2v) is 3.60. The average Bonchev–Trinajstić information content (AvgIpc) is 2.86. The summed E-state index contributed by atoms with van der Waals surface area (Å²) in [5, 5.41) is 0. The minimum atomic E-state index is 0.931. The van der Waals surface area contributed by atoms with Gasteiger partial charge in [-0.25, -0.2) is 0 Å². The molecule has 13 heavy (non-hydrogen) atoms. The van der Waals surface area contributed by atoms with E-state index < -0.39 is 0 Å². The van der Waals surface area contributed by atoms with Crippen molar-refractivity contribution >= 4 is 6.91 Å². The Labute approximate surface area is 81.7 Å². The molecule has 1 saturated carbocycles. The fourth-order valence-corrected chi connectivity index (χ4v) is 1.36. The van der Waals surface area contributed by atoms with Crippen LogP contribution in [-0.2, 0) is 6.42 Å². The SMILES string of the molecule is CC.Cc1bc(CC2CC2)oc1C. The van der Waals surface area contributed by atoms with E-state index in [0.717, 1.165) is 18.1 Å². The third kappa shape index (κ3) is 3.02. The molecule has 0 unspecified atom stereocenters. The predicted molar refractivity (Wildman–Crippen MR) is 57.3 cm³/mol. The van der Waals surface area contributed by atoms with Crippen molar-refractivity contribution in [3.8, 4) is 0 Å². The number of hydrogen-bond donors (Lipinski definition) is 0. The van der Waals surface area contributed by atoms with Crippen LogP contribution in [0.1, 0.15) is 43.6 Å². The molecule has 1 aliphatic rings. The third-order valence-corrected chi connectivity index (χ3v) is 2.40. The topological polar surface area (TPSA) is 13.1 Å². The molecule has 0 N–H and O–H groups in total. The Kier molecular flexibility index (Phi) is 3.77. The molecule has 0 saturated heterocycles. The van der Waals surface area contributed by atoms with Gasteiger partial charge in [-0.15, -0.1) is 0 Å². The number of hydrogen-bond acceptors (Lipinski definition) is 1. The van der Waals surface area contributed by atoms with Crippen molar-refractivity contribution in [3.63, 3.8) is 0 Å². The van der Waals surface area contributed by atoms with E-state index in [4.69, 9.17) is 4.42 Å². The molecule has 0 aromatic carbocycles. The van der Waals surface area contributed by atoms with Crippen LogP contribution in [-0.4, -0.2) is 6.91 Å². The Morgan fingerprint density at radius 2 is 1.92 bits per heavy atom. The van der Waals surface area contributed by atoms with Gasteiger partial charge in [-0.2, -0.15) is 0 Å². The van der Waals surface area contributed by atoms with Gasteiger partial charge in [-0.1, -0.05) is 13.8 Å². The Hall–Kier alpha value is -0.525. The van der Waals surface area contributed by atoms with Gasteiger partial charge < -0.3 is 0 Å². The standard InChI is InChI=1S/C9H13BO.C2H6/c1-6-7(2)11-9(10-6)5-8-3-4-8;1-2/h8H,3-5H2,1-2H3;1-2H3. The monoisotopic (exact) mass is 178 g/mol. The summed E-state index contributed by atoms with van der Waals surface area (Å²) in [6.45, 7) is 10.3. The van der Waals surface area contributed by atoms with Crippen LogP contribution in [0.4, 0.5) is 0 Å². The van der Waals surface area contributed by atoms with Gasteiger partial charge in [-0.05, 0) is 0 Å². The van der Waals surface area contributed by atoms with E-state index in [-0.39, 0.29) is 0 Å². The first-order chi connectivity index (χ1) is 6.25. The fraction of sp³-hybridized carbons (Fsp3) is 0.727. The molecule has 0 spiro atoms. The van der Waals surface area contributed by atoms with Crippen LogP contribution in [0.2, 0.25) is 0 Å². The van der Waals surface area contributed by atoms with Gasteiger partial charge in [0.25, 0.3) is 0 Å². The molecule has 1 aliphatic carbocycles. The van der Waals surface area contributed by atoms with Crippen molar-refractivity contribution in [2.24, 2.45) is 5.92 Å². The molecule has 72 valence electrons. The molecule has 1 fully saturated rings. The Morgan fingerprint density at radius 3 is 2.31 bits per heavy atom. The van der Waals surface area contributed by atoms with Crippen molar-refractivity contribution in [3.05, 3.63) is 16.9 Å². The zero-order valence-corrected chi connectivity index (χ0v) is 9.18. The second kappa shape index (κ2) is 4.64. The molecule has 0 atom stereocenters. The van der Waals surface area contributed by atoms with Crippen LogP contribution < -0.4 is 0 Å². The molecule has 0 bridgehead atoms. The van der Waals surface area contributed by atoms with Crippen molar-refractivity contribution in [2.75, 3.05) is 0 Å². The Morgan fingerprint density at radius 1 is 1.31 bits per heavy atom. The summed E-state index contributed by atoms with van der Waals surface area (Å²) in [6.07, 6.45) is 3.96. The van der Waals surface area contributed by atoms with Gasteiger partial charge in [0, 0.05) is 0 Å². The number of rotatable bonds is 2. The summed E-state index contributed by atoms with van der Waals surface area (Å²) >= 11 is 0. The maximum atomic E-state index is 5.57. The van der Waals surface area contributed by atoms with E-state index in [1.807, 2.05) is 20.8 Å². The van der Waals surface area contributed by atoms with Crippen LogP contribution in [0.3, 0.4) is 0 Å². The molecule has 1 nitrogen and oxygen atoms in total. The first-order valence-corrected chi connectivity index (χ1v) is 5.31. The quantitative estimate of drug-likeness (QED) is 0.677. The molecule has 1 heterocycles. The normalized spacial score (nSPS) is 14.8. The predicted octanol–water partition coefficient (Wildman–Crippen LogP) is 3.21. The van der Waals surface area contributed by atoms with Gasteiger partial charge in [0.15, 0.2) is 0 Å². The molecular weight excluding hydrogens is 159 g/mol. The zero-order chi connectivity index (χ0) is 9.84. The van der Waals surface area contributed by atoms with Crippen LogP contribution in [0.25, 0.3) is 0 Å². The molecule has 1 aromatic heterocycles. The number of aryl methyl sites for hydroxylation is 2. The van der Waals surface area contributed by atoms with Gasteiger partial charge in [0.05, 0.1) is 0 Å². The van der Waals surface area contributed by atoms with Crippen LogP contribution in [0, 0.1) is 19.8 Å². The Balaban J connectivity index is 0.000000396. The third-order valence-electron chi connectivity index (χ3n) is 2.40. The van der Waals surface area contributed by atoms with Crippen molar-refractivity contribution < 1.29 is 4.42 Å². The van der Waals surface area contributed by atoms with Crippen LogP contribution >= 0.6 is 0 Å². The molecule has 0 aliphatic heterocycles. The van der Waals surface area contributed by atoms with E-state index >= 15 is 0 Å². The average molecular weight is 178 g/mol. The molecule has 0 amide bonds. The van der Waals surface area contributed by atoms with Gasteiger partial charge in [0.2, 0.25) is 0 Å². The second-order valence-electron chi connectivity index (χ2n) is 3.60. The van der Waals surface area contributed by atoms with E-state index in [1.54, 1.807) is 0 Å².